The first-order chi connectivity index (χ1) is 13.5. The number of carboxylic acid groups (broad SMARTS) is 1. The van der Waals surface area contributed by atoms with E-state index >= 15 is 0 Å². The maximum Gasteiger partial charge on any atom is 0.337 e. The predicted octanol–water partition coefficient (Wildman–Crippen LogP) is 4.85. The molecule has 0 aliphatic carbocycles. The lowest BCUT2D eigenvalue weighted by molar-refractivity contribution is -0.132. The van der Waals surface area contributed by atoms with Crippen LogP contribution in [0.25, 0.3) is 11.8 Å². The van der Waals surface area contributed by atoms with E-state index < -0.39 is 5.97 Å². The normalized spacial score (nSPS) is 13.8. The molecule has 5 nitrogen and oxygen atoms in total. The van der Waals surface area contributed by atoms with Crippen molar-refractivity contribution >= 4 is 40.9 Å². The fraction of sp³-hybridized carbons (Fsp3) is 0.0952. The average molecular weight is 417 g/mol. The molecule has 2 aromatic rings. The van der Waals surface area contributed by atoms with E-state index in [9.17, 15) is 9.90 Å². The molecule has 0 fully saturated rings. The molecule has 0 spiro atoms. The Morgan fingerprint density at radius 3 is 2.61 bits per heavy atom. The first-order valence-electron chi connectivity index (χ1n) is 8.42. The Kier molecular flexibility index (Phi) is 6.29. The molecule has 7 heteroatoms. The van der Waals surface area contributed by atoms with Crippen molar-refractivity contribution in [1.29, 1.82) is 0 Å². The van der Waals surface area contributed by atoms with Gasteiger partial charge in [-0.15, -0.1) is 0 Å². The lowest BCUT2D eigenvalue weighted by atomic mass is 10.1. The van der Waals surface area contributed by atoms with Crippen molar-refractivity contribution in [1.82, 2.24) is 10.4 Å². The van der Waals surface area contributed by atoms with Gasteiger partial charge in [-0.1, -0.05) is 47.5 Å². The predicted molar refractivity (Wildman–Crippen MR) is 112 cm³/mol. The maximum absolute atomic E-state index is 11.5. The van der Waals surface area contributed by atoms with Crippen molar-refractivity contribution in [2.75, 3.05) is 13.7 Å². The Labute approximate surface area is 173 Å². The molecular formula is C21H18Cl2N2O3. The van der Waals surface area contributed by atoms with Crippen molar-refractivity contribution in [3.63, 3.8) is 0 Å². The van der Waals surface area contributed by atoms with Gasteiger partial charge in [0.15, 0.2) is 0 Å². The zero-order valence-corrected chi connectivity index (χ0v) is 16.5. The SMILES string of the molecule is COc1ccc(C2=CC(C(=O)O)=CN(CC=Cc3ccc(Cl)cc3)N2)cc1Cl. The van der Waals surface area contributed by atoms with Gasteiger partial charge in [-0.25, -0.2) is 4.79 Å². The van der Waals surface area contributed by atoms with E-state index in [0.717, 1.165) is 11.1 Å². The highest BCUT2D eigenvalue weighted by Crippen LogP contribution is 2.29. The molecule has 2 aromatic carbocycles. The largest absolute Gasteiger partial charge is 0.495 e. The Balaban J connectivity index is 1.78. The smallest absolute Gasteiger partial charge is 0.337 e. The number of ether oxygens (including phenoxy) is 1. The molecule has 0 aromatic heterocycles. The summed E-state index contributed by atoms with van der Waals surface area (Å²) in [5.74, 6) is -0.455. The minimum atomic E-state index is -1.01. The van der Waals surface area contributed by atoms with Gasteiger partial charge in [0.05, 0.1) is 29.9 Å². The minimum absolute atomic E-state index is 0.167. The summed E-state index contributed by atoms with van der Waals surface area (Å²) in [6.45, 7) is 0.459. The van der Waals surface area contributed by atoms with Gasteiger partial charge >= 0.3 is 5.97 Å². The number of hydrogen-bond donors (Lipinski definition) is 2. The molecule has 1 heterocycles. The topological polar surface area (TPSA) is 61.8 Å². The first kappa shape index (κ1) is 19.9. The summed E-state index contributed by atoms with van der Waals surface area (Å²) in [5.41, 5.74) is 5.75. The molecule has 0 saturated carbocycles. The Morgan fingerprint density at radius 2 is 1.96 bits per heavy atom. The lowest BCUT2D eigenvalue weighted by Gasteiger charge is -2.27. The van der Waals surface area contributed by atoms with Gasteiger partial charge in [0.1, 0.15) is 5.75 Å². The standard InChI is InChI=1S/C21H18Cl2N2O3/c1-28-20-9-6-15(11-18(20)23)19-12-16(21(26)27)13-25(24-19)10-2-3-14-4-7-17(22)8-5-14/h2-9,11-13,24H,10H2,1H3,(H,26,27). The summed E-state index contributed by atoms with van der Waals surface area (Å²) in [5, 5.41) is 12.3. The van der Waals surface area contributed by atoms with Gasteiger partial charge < -0.3 is 9.84 Å². The number of rotatable bonds is 6. The highest BCUT2D eigenvalue weighted by Gasteiger charge is 2.17. The molecule has 0 atom stereocenters. The molecular weight excluding hydrogens is 399 g/mol. The van der Waals surface area contributed by atoms with E-state index in [-0.39, 0.29) is 5.57 Å². The monoisotopic (exact) mass is 416 g/mol. The molecule has 0 amide bonds. The number of aliphatic carboxylic acids is 1. The number of carboxylic acids is 1. The molecule has 0 radical (unpaired) electrons. The number of methoxy groups -OCH3 is 1. The lowest BCUT2D eigenvalue weighted by Crippen LogP contribution is -2.35. The second kappa shape index (κ2) is 8.87. The van der Waals surface area contributed by atoms with Crippen molar-refractivity contribution in [2.24, 2.45) is 0 Å². The van der Waals surface area contributed by atoms with Crippen LogP contribution >= 0.6 is 23.2 Å². The third-order valence-electron chi connectivity index (χ3n) is 4.05. The molecule has 0 saturated heterocycles. The fourth-order valence-corrected chi connectivity index (χ4v) is 3.04. The van der Waals surface area contributed by atoms with E-state index in [1.165, 1.54) is 0 Å². The van der Waals surface area contributed by atoms with E-state index in [1.54, 1.807) is 36.5 Å². The molecule has 3 rings (SSSR count). The van der Waals surface area contributed by atoms with Gasteiger partial charge in [0, 0.05) is 16.8 Å². The maximum atomic E-state index is 11.5. The van der Waals surface area contributed by atoms with Crippen LogP contribution in [0.5, 0.6) is 5.75 Å². The van der Waals surface area contributed by atoms with Crippen LogP contribution in [0.1, 0.15) is 11.1 Å². The number of hydrazine groups is 1. The average Bonchev–Trinajstić information content (AvgIpc) is 2.69. The first-order valence-corrected chi connectivity index (χ1v) is 9.18. The van der Waals surface area contributed by atoms with Crippen LogP contribution in [0.4, 0.5) is 0 Å². The number of carbonyl (C=O) groups is 1. The van der Waals surface area contributed by atoms with Gasteiger partial charge in [-0.2, -0.15) is 0 Å². The highest BCUT2D eigenvalue weighted by molar-refractivity contribution is 6.32. The van der Waals surface area contributed by atoms with Crippen LogP contribution in [0.3, 0.4) is 0 Å². The Bertz CT molecular complexity index is 966. The molecule has 144 valence electrons. The van der Waals surface area contributed by atoms with Crippen LogP contribution in [-0.4, -0.2) is 29.7 Å². The quantitative estimate of drug-likeness (QED) is 0.704. The fourth-order valence-electron chi connectivity index (χ4n) is 2.65. The van der Waals surface area contributed by atoms with Gasteiger partial charge in [0.25, 0.3) is 0 Å². The number of nitrogens with one attached hydrogen (secondary N) is 1. The van der Waals surface area contributed by atoms with Crippen LogP contribution in [0.15, 0.2) is 66.4 Å². The number of benzene rings is 2. The van der Waals surface area contributed by atoms with E-state index in [0.29, 0.717) is 28.0 Å². The van der Waals surface area contributed by atoms with Gasteiger partial charge in [-0.3, -0.25) is 10.4 Å². The molecule has 28 heavy (non-hydrogen) atoms. The van der Waals surface area contributed by atoms with E-state index in [2.05, 4.69) is 5.43 Å². The van der Waals surface area contributed by atoms with E-state index in [4.69, 9.17) is 27.9 Å². The summed E-state index contributed by atoms with van der Waals surface area (Å²) in [7, 11) is 1.54. The number of halogens is 2. The van der Waals surface area contributed by atoms with Crippen molar-refractivity contribution < 1.29 is 14.6 Å². The van der Waals surface area contributed by atoms with Gasteiger partial charge in [-0.05, 0) is 42.0 Å². The Hall–Kier alpha value is -2.89. The zero-order chi connectivity index (χ0) is 20.1. The molecule has 2 N–H and O–H groups in total. The van der Waals surface area contributed by atoms with E-state index in [1.807, 2.05) is 42.5 Å². The van der Waals surface area contributed by atoms with Crippen molar-refractivity contribution in [3.8, 4) is 5.75 Å². The number of nitrogens with zero attached hydrogens (tertiary/aromatic N) is 1. The highest BCUT2D eigenvalue weighted by atomic mass is 35.5. The zero-order valence-electron chi connectivity index (χ0n) is 15.0. The van der Waals surface area contributed by atoms with Gasteiger partial charge in [0.2, 0.25) is 0 Å². The second-order valence-electron chi connectivity index (χ2n) is 6.02. The van der Waals surface area contributed by atoms with Crippen LogP contribution < -0.4 is 10.2 Å². The number of hydrogen-bond acceptors (Lipinski definition) is 4. The van der Waals surface area contributed by atoms with Crippen LogP contribution in [0.2, 0.25) is 10.0 Å². The summed E-state index contributed by atoms with van der Waals surface area (Å²) >= 11 is 12.1. The Morgan fingerprint density at radius 1 is 1.21 bits per heavy atom. The summed E-state index contributed by atoms with van der Waals surface area (Å²) in [6, 6.07) is 12.7. The van der Waals surface area contributed by atoms with Crippen LogP contribution in [0, 0.1) is 0 Å². The molecule has 0 bridgehead atoms. The third-order valence-corrected chi connectivity index (χ3v) is 4.60. The molecule has 0 unspecified atom stereocenters. The second-order valence-corrected chi connectivity index (χ2v) is 6.86. The van der Waals surface area contributed by atoms with Crippen molar-refractivity contribution in [2.45, 2.75) is 0 Å². The summed E-state index contributed by atoms with van der Waals surface area (Å²) < 4.78 is 5.17. The molecule has 1 aliphatic heterocycles. The van der Waals surface area contributed by atoms with Crippen molar-refractivity contribution in [3.05, 3.63) is 87.6 Å². The third kappa shape index (κ3) is 4.88. The molecule has 1 aliphatic rings. The summed E-state index contributed by atoms with van der Waals surface area (Å²) in [4.78, 5) is 11.5. The summed E-state index contributed by atoms with van der Waals surface area (Å²) in [6.07, 6.45) is 6.98. The minimum Gasteiger partial charge on any atom is -0.495 e. The van der Waals surface area contributed by atoms with Crippen LogP contribution in [-0.2, 0) is 4.79 Å².